The zero-order valence-electron chi connectivity index (χ0n) is 19.8. The highest BCUT2D eigenvalue weighted by Gasteiger charge is 2.24. The number of halogens is 2. The first-order valence-corrected chi connectivity index (χ1v) is 13.1. The molecule has 1 saturated carbocycles. The van der Waals surface area contributed by atoms with E-state index >= 15 is 4.39 Å². The number of hydrogen-bond acceptors (Lipinski definition) is 0. The zero-order chi connectivity index (χ0) is 23.0. The zero-order valence-corrected chi connectivity index (χ0v) is 20.5. The summed E-state index contributed by atoms with van der Waals surface area (Å²) >= 11 is 6.13. The van der Waals surface area contributed by atoms with Gasteiger partial charge < -0.3 is 0 Å². The topological polar surface area (TPSA) is 0 Å². The highest BCUT2D eigenvalue weighted by Crippen LogP contribution is 2.39. The molecule has 1 fully saturated rings. The lowest BCUT2D eigenvalue weighted by Crippen LogP contribution is -2.14. The van der Waals surface area contributed by atoms with Crippen LogP contribution in [0.15, 0.2) is 72.8 Å². The Hall–Kier alpha value is -2.12. The Balaban J connectivity index is 1.51. The molecule has 33 heavy (non-hydrogen) atoms. The second kappa shape index (κ2) is 11.8. The van der Waals surface area contributed by atoms with E-state index in [1.807, 2.05) is 54.6 Å². The standard InChI is InChI=1S/C31H36ClF/c1-2-3-5-8-23-11-13-25(14-12-23)27-17-20-29(31(33)22-27)30(21-24-9-6-4-7-10-24)26-15-18-28(32)19-16-26/h4,6-7,9-10,15-20,22-23,25,30H,2-3,5,8,11-14,21H2,1H3. The average Bonchev–Trinajstić information content (AvgIpc) is 2.85. The molecule has 3 aromatic carbocycles. The maximum Gasteiger partial charge on any atom is 0.127 e. The molecule has 0 radical (unpaired) electrons. The second-order valence-corrected chi connectivity index (χ2v) is 10.2. The van der Waals surface area contributed by atoms with Gasteiger partial charge in [-0.15, -0.1) is 0 Å². The fourth-order valence-corrected chi connectivity index (χ4v) is 5.63. The largest absolute Gasteiger partial charge is 0.207 e. The van der Waals surface area contributed by atoms with Crippen LogP contribution in [0, 0.1) is 11.7 Å². The molecule has 0 N–H and O–H groups in total. The summed E-state index contributed by atoms with van der Waals surface area (Å²) in [6.07, 6.45) is 11.1. The number of benzene rings is 3. The van der Waals surface area contributed by atoms with Crippen LogP contribution in [0.5, 0.6) is 0 Å². The summed E-state index contributed by atoms with van der Waals surface area (Å²) in [4.78, 5) is 0. The molecule has 4 rings (SSSR count). The molecule has 0 aromatic heterocycles. The van der Waals surface area contributed by atoms with Crippen molar-refractivity contribution in [2.24, 2.45) is 5.92 Å². The molecule has 1 unspecified atom stereocenters. The monoisotopic (exact) mass is 462 g/mol. The fourth-order valence-electron chi connectivity index (χ4n) is 5.50. The van der Waals surface area contributed by atoms with Crippen LogP contribution in [0.4, 0.5) is 4.39 Å². The molecule has 3 aromatic rings. The van der Waals surface area contributed by atoms with Gasteiger partial charge in [-0.1, -0.05) is 98.8 Å². The van der Waals surface area contributed by atoms with Gasteiger partial charge in [-0.25, -0.2) is 4.39 Å². The first-order valence-electron chi connectivity index (χ1n) is 12.7. The van der Waals surface area contributed by atoms with Gasteiger partial charge >= 0.3 is 0 Å². The van der Waals surface area contributed by atoms with E-state index in [0.29, 0.717) is 10.9 Å². The van der Waals surface area contributed by atoms with Crippen LogP contribution in [0.1, 0.15) is 92.4 Å². The van der Waals surface area contributed by atoms with E-state index in [9.17, 15) is 0 Å². The van der Waals surface area contributed by atoms with Gasteiger partial charge in [-0.05, 0) is 84.4 Å². The predicted octanol–water partition coefficient (Wildman–Crippen LogP) is 9.71. The smallest absolute Gasteiger partial charge is 0.127 e. The SMILES string of the molecule is CCCCCC1CCC(c2ccc(C(Cc3ccccc3)c3ccc(Cl)cc3)c(F)c2)CC1. The second-order valence-electron chi connectivity index (χ2n) is 9.79. The molecule has 1 aliphatic carbocycles. The lowest BCUT2D eigenvalue weighted by Gasteiger charge is -2.29. The number of rotatable bonds is 9. The Morgan fingerprint density at radius 2 is 1.61 bits per heavy atom. The van der Waals surface area contributed by atoms with Crippen LogP contribution in [0.25, 0.3) is 0 Å². The highest BCUT2D eigenvalue weighted by atomic mass is 35.5. The lowest BCUT2D eigenvalue weighted by atomic mass is 9.76. The molecule has 2 heteroatoms. The summed E-state index contributed by atoms with van der Waals surface area (Å²) in [6, 6.07) is 24.3. The van der Waals surface area contributed by atoms with Crippen LogP contribution >= 0.6 is 11.6 Å². The van der Waals surface area contributed by atoms with E-state index in [4.69, 9.17) is 11.6 Å². The van der Waals surface area contributed by atoms with Gasteiger partial charge in [0.1, 0.15) is 5.82 Å². The highest BCUT2D eigenvalue weighted by molar-refractivity contribution is 6.30. The van der Waals surface area contributed by atoms with Crippen LogP contribution in [0.2, 0.25) is 5.02 Å². The van der Waals surface area contributed by atoms with E-state index in [0.717, 1.165) is 23.5 Å². The molecule has 0 amide bonds. The van der Waals surface area contributed by atoms with Gasteiger partial charge in [0.2, 0.25) is 0 Å². The van der Waals surface area contributed by atoms with Crippen molar-refractivity contribution in [3.8, 4) is 0 Å². The van der Waals surface area contributed by atoms with E-state index < -0.39 is 0 Å². The third kappa shape index (κ3) is 6.48. The van der Waals surface area contributed by atoms with Gasteiger partial charge in [0, 0.05) is 10.9 Å². The van der Waals surface area contributed by atoms with Crippen molar-refractivity contribution < 1.29 is 4.39 Å². The molecule has 0 heterocycles. The predicted molar refractivity (Wildman–Crippen MR) is 139 cm³/mol. The van der Waals surface area contributed by atoms with Crippen LogP contribution in [0.3, 0.4) is 0 Å². The van der Waals surface area contributed by atoms with E-state index in [-0.39, 0.29) is 11.7 Å². The minimum atomic E-state index is -0.0755. The van der Waals surface area contributed by atoms with Crippen molar-refractivity contribution in [2.75, 3.05) is 0 Å². The summed E-state index contributed by atoms with van der Waals surface area (Å²) < 4.78 is 15.6. The molecule has 0 spiro atoms. The van der Waals surface area contributed by atoms with Crippen molar-refractivity contribution in [2.45, 2.75) is 76.5 Å². The molecule has 1 atom stereocenters. The van der Waals surface area contributed by atoms with Crippen LogP contribution in [-0.2, 0) is 6.42 Å². The lowest BCUT2D eigenvalue weighted by molar-refractivity contribution is 0.302. The third-order valence-electron chi connectivity index (χ3n) is 7.49. The summed E-state index contributed by atoms with van der Waals surface area (Å²) in [6.45, 7) is 2.27. The quantitative estimate of drug-likeness (QED) is 0.277. The average molecular weight is 463 g/mol. The first kappa shape index (κ1) is 24.0. The van der Waals surface area contributed by atoms with Gasteiger partial charge in [0.25, 0.3) is 0 Å². The van der Waals surface area contributed by atoms with Crippen molar-refractivity contribution >= 4 is 11.6 Å². The van der Waals surface area contributed by atoms with Gasteiger partial charge in [-0.3, -0.25) is 0 Å². The Labute approximate surface area is 204 Å². The summed E-state index contributed by atoms with van der Waals surface area (Å²) in [5.74, 6) is 1.26. The summed E-state index contributed by atoms with van der Waals surface area (Å²) in [5, 5.41) is 0.707. The Kier molecular flexibility index (Phi) is 8.62. The number of hydrogen-bond donors (Lipinski definition) is 0. The molecular weight excluding hydrogens is 427 g/mol. The molecule has 0 aliphatic heterocycles. The van der Waals surface area contributed by atoms with E-state index in [1.165, 1.54) is 62.5 Å². The van der Waals surface area contributed by atoms with Crippen molar-refractivity contribution in [3.05, 3.63) is 106 Å². The minimum absolute atomic E-state index is 0.0342. The minimum Gasteiger partial charge on any atom is -0.207 e. The molecule has 174 valence electrons. The van der Waals surface area contributed by atoms with Crippen molar-refractivity contribution in [3.63, 3.8) is 0 Å². The van der Waals surface area contributed by atoms with E-state index in [1.54, 1.807) is 0 Å². The maximum absolute atomic E-state index is 15.6. The molecule has 0 bridgehead atoms. The van der Waals surface area contributed by atoms with Crippen LogP contribution < -0.4 is 0 Å². The molecule has 0 nitrogen and oxygen atoms in total. The Morgan fingerprint density at radius 1 is 0.879 bits per heavy atom. The molecule has 1 aliphatic rings. The normalized spacial score (nSPS) is 19.4. The van der Waals surface area contributed by atoms with Crippen LogP contribution in [-0.4, -0.2) is 0 Å². The van der Waals surface area contributed by atoms with Gasteiger partial charge in [-0.2, -0.15) is 0 Å². The molecular formula is C31H36ClF. The summed E-state index contributed by atoms with van der Waals surface area (Å²) in [7, 11) is 0. The molecule has 0 saturated heterocycles. The first-order chi connectivity index (χ1) is 16.1. The third-order valence-corrected chi connectivity index (χ3v) is 7.74. The number of unbranched alkanes of at least 4 members (excludes halogenated alkanes) is 2. The Morgan fingerprint density at radius 3 is 2.27 bits per heavy atom. The van der Waals surface area contributed by atoms with E-state index in [2.05, 4.69) is 25.1 Å². The fraction of sp³-hybridized carbons (Fsp3) is 0.419. The van der Waals surface area contributed by atoms with Crippen molar-refractivity contribution in [1.29, 1.82) is 0 Å². The van der Waals surface area contributed by atoms with Gasteiger partial charge in [0.15, 0.2) is 0 Å². The van der Waals surface area contributed by atoms with Crippen molar-refractivity contribution in [1.82, 2.24) is 0 Å². The van der Waals surface area contributed by atoms with Gasteiger partial charge in [0.05, 0.1) is 0 Å². The summed E-state index contributed by atoms with van der Waals surface area (Å²) in [5.41, 5.74) is 4.26. The maximum atomic E-state index is 15.6. The Bertz CT molecular complexity index is 987.